The first-order valence-electron chi connectivity index (χ1n) is 8.75. The highest BCUT2D eigenvalue weighted by Crippen LogP contribution is 2.49. The van der Waals surface area contributed by atoms with E-state index in [1.807, 2.05) is 6.07 Å². The van der Waals surface area contributed by atoms with E-state index in [0.29, 0.717) is 6.54 Å². The quantitative estimate of drug-likeness (QED) is 0.882. The van der Waals surface area contributed by atoms with Gasteiger partial charge in [-0.2, -0.15) is 0 Å². The zero-order valence-electron chi connectivity index (χ0n) is 13.7. The van der Waals surface area contributed by atoms with Crippen LogP contribution in [0.2, 0.25) is 0 Å². The molecule has 0 saturated heterocycles. The molecular weight excluding hydrogens is 301 g/mol. The third-order valence-corrected chi connectivity index (χ3v) is 5.87. The highest BCUT2D eigenvalue weighted by Gasteiger charge is 2.52. The summed E-state index contributed by atoms with van der Waals surface area (Å²) in [4.78, 5) is 12.8. The molecule has 2 saturated carbocycles. The molecule has 0 aromatic heterocycles. The van der Waals surface area contributed by atoms with E-state index in [9.17, 15) is 9.18 Å². The predicted molar refractivity (Wildman–Crippen MR) is 92.3 cm³/mol. The van der Waals surface area contributed by atoms with Crippen molar-refractivity contribution in [3.05, 3.63) is 71.5 Å². The second-order valence-electron chi connectivity index (χ2n) is 7.27. The van der Waals surface area contributed by atoms with Gasteiger partial charge in [0.05, 0.1) is 5.41 Å². The first kappa shape index (κ1) is 15.4. The number of rotatable bonds is 5. The standard InChI is InChI=1S/C21H22FNO/c22-18-9-7-17(8-10-18)21(13-14-21)19(24)23-15-20(11-4-12-20)16-5-2-1-3-6-16/h1-3,5-10H,4,11-15H2,(H,23,24). The minimum Gasteiger partial charge on any atom is -0.354 e. The Kier molecular flexibility index (Phi) is 3.67. The van der Waals surface area contributed by atoms with Crippen molar-refractivity contribution in [3.63, 3.8) is 0 Å². The van der Waals surface area contributed by atoms with Gasteiger partial charge in [-0.05, 0) is 48.9 Å². The number of carbonyl (C=O) groups is 1. The molecule has 3 heteroatoms. The first-order chi connectivity index (χ1) is 11.6. The Hall–Kier alpha value is -2.16. The molecule has 24 heavy (non-hydrogen) atoms. The van der Waals surface area contributed by atoms with Gasteiger partial charge in [0.2, 0.25) is 5.91 Å². The molecule has 2 aromatic carbocycles. The van der Waals surface area contributed by atoms with Gasteiger partial charge in [-0.3, -0.25) is 4.79 Å². The molecule has 2 aliphatic carbocycles. The number of benzene rings is 2. The molecule has 0 heterocycles. The average molecular weight is 323 g/mol. The summed E-state index contributed by atoms with van der Waals surface area (Å²) in [6, 6.07) is 16.9. The molecule has 0 spiro atoms. The number of nitrogens with one attached hydrogen (secondary N) is 1. The lowest BCUT2D eigenvalue weighted by molar-refractivity contribution is -0.124. The van der Waals surface area contributed by atoms with Crippen molar-refractivity contribution in [3.8, 4) is 0 Å². The molecule has 0 aliphatic heterocycles. The van der Waals surface area contributed by atoms with E-state index >= 15 is 0 Å². The first-order valence-corrected chi connectivity index (χ1v) is 8.75. The lowest BCUT2D eigenvalue weighted by atomic mass is 9.64. The summed E-state index contributed by atoms with van der Waals surface area (Å²) >= 11 is 0. The molecule has 2 aromatic rings. The molecule has 2 aliphatic rings. The minimum absolute atomic E-state index is 0.0931. The van der Waals surface area contributed by atoms with Gasteiger partial charge in [0.15, 0.2) is 0 Å². The lowest BCUT2D eigenvalue weighted by Gasteiger charge is -2.43. The molecule has 0 radical (unpaired) electrons. The lowest BCUT2D eigenvalue weighted by Crippen LogP contribution is -2.48. The summed E-state index contributed by atoms with van der Waals surface area (Å²) < 4.78 is 13.1. The van der Waals surface area contributed by atoms with Crippen molar-refractivity contribution in [2.75, 3.05) is 6.54 Å². The fraction of sp³-hybridized carbons (Fsp3) is 0.381. The van der Waals surface area contributed by atoms with E-state index < -0.39 is 5.41 Å². The molecule has 1 N–H and O–H groups in total. The predicted octanol–water partition coefficient (Wildman–Crippen LogP) is 4.10. The van der Waals surface area contributed by atoms with Crippen LogP contribution in [-0.4, -0.2) is 12.5 Å². The molecule has 1 amide bonds. The SMILES string of the molecule is O=C(NCC1(c2ccccc2)CCC1)C1(c2ccc(F)cc2)CC1. The van der Waals surface area contributed by atoms with Gasteiger partial charge in [-0.15, -0.1) is 0 Å². The molecule has 124 valence electrons. The Bertz CT molecular complexity index is 730. The molecule has 0 bridgehead atoms. The van der Waals surface area contributed by atoms with Crippen LogP contribution < -0.4 is 5.32 Å². The number of carbonyl (C=O) groups excluding carboxylic acids is 1. The minimum atomic E-state index is -0.435. The van der Waals surface area contributed by atoms with Crippen molar-refractivity contribution in [2.45, 2.75) is 42.9 Å². The van der Waals surface area contributed by atoms with Gasteiger partial charge >= 0.3 is 0 Å². The van der Waals surface area contributed by atoms with Crippen LogP contribution in [0.25, 0.3) is 0 Å². The van der Waals surface area contributed by atoms with Crippen molar-refractivity contribution in [1.29, 1.82) is 0 Å². The van der Waals surface area contributed by atoms with E-state index in [2.05, 4.69) is 29.6 Å². The van der Waals surface area contributed by atoms with Crippen LogP contribution in [0.4, 0.5) is 4.39 Å². The van der Waals surface area contributed by atoms with Crippen LogP contribution in [-0.2, 0) is 15.6 Å². The molecule has 0 atom stereocenters. The second kappa shape index (κ2) is 5.73. The van der Waals surface area contributed by atoms with Gasteiger partial charge < -0.3 is 5.32 Å². The van der Waals surface area contributed by atoms with Crippen LogP contribution in [0.3, 0.4) is 0 Å². The molecule has 2 fully saturated rings. The van der Waals surface area contributed by atoms with Crippen molar-refractivity contribution < 1.29 is 9.18 Å². The third-order valence-electron chi connectivity index (χ3n) is 5.87. The van der Waals surface area contributed by atoms with Gasteiger partial charge in [-0.25, -0.2) is 4.39 Å². The summed E-state index contributed by atoms with van der Waals surface area (Å²) in [6.07, 6.45) is 5.17. The zero-order valence-corrected chi connectivity index (χ0v) is 13.7. The Morgan fingerprint density at radius 3 is 2.12 bits per heavy atom. The fourth-order valence-corrected chi connectivity index (χ4v) is 3.92. The fourth-order valence-electron chi connectivity index (χ4n) is 3.92. The van der Waals surface area contributed by atoms with Crippen LogP contribution in [0.15, 0.2) is 54.6 Å². The Morgan fingerprint density at radius 2 is 1.58 bits per heavy atom. The van der Waals surface area contributed by atoms with Gasteiger partial charge in [0.25, 0.3) is 0 Å². The number of amides is 1. The maximum absolute atomic E-state index is 13.1. The second-order valence-corrected chi connectivity index (χ2v) is 7.27. The molecular formula is C21H22FNO. The van der Waals surface area contributed by atoms with E-state index in [1.54, 1.807) is 12.1 Å². The third kappa shape index (κ3) is 2.52. The number of hydrogen-bond acceptors (Lipinski definition) is 1. The highest BCUT2D eigenvalue weighted by molar-refractivity contribution is 5.91. The summed E-state index contributed by atoms with van der Waals surface area (Å²) in [5.41, 5.74) is 1.91. The van der Waals surface area contributed by atoms with Crippen molar-refractivity contribution in [2.24, 2.45) is 0 Å². The molecule has 4 rings (SSSR count). The van der Waals surface area contributed by atoms with Crippen molar-refractivity contribution in [1.82, 2.24) is 5.32 Å². The zero-order chi connectivity index (χ0) is 16.6. The summed E-state index contributed by atoms with van der Waals surface area (Å²) in [5, 5.41) is 3.21. The monoisotopic (exact) mass is 323 g/mol. The topological polar surface area (TPSA) is 29.1 Å². The molecule has 0 unspecified atom stereocenters. The largest absolute Gasteiger partial charge is 0.354 e. The number of halogens is 1. The summed E-state index contributed by atoms with van der Waals surface area (Å²) in [7, 11) is 0. The maximum Gasteiger partial charge on any atom is 0.230 e. The van der Waals surface area contributed by atoms with Gasteiger partial charge in [0.1, 0.15) is 5.82 Å². The van der Waals surface area contributed by atoms with Crippen LogP contribution in [0.5, 0.6) is 0 Å². The van der Waals surface area contributed by atoms with Crippen LogP contribution >= 0.6 is 0 Å². The van der Waals surface area contributed by atoms with E-state index in [4.69, 9.17) is 0 Å². The van der Waals surface area contributed by atoms with Gasteiger partial charge in [0, 0.05) is 12.0 Å². The summed E-state index contributed by atoms with van der Waals surface area (Å²) in [5.74, 6) is -0.163. The Labute approximate surface area is 142 Å². The average Bonchev–Trinajstić information content (AvgIpc) is 3.37. The Balaban J connectivity index is 1.48. The van der Waals surface area contributed by atoms with E-state index in [1.165, 1.54) is 24.1 Å². The van der Waals surface area contributed by atoms with E-state index in [0.717, 1.165) is 31.2 Å². The number of hydrogen-bond donors (Lipinski definition) is 1. The van der Waals surface area contributed by atoms with Gasteiger partial charge in [-0.1, -0.05) is 48.9 Å². The Morgan fingerprint density at radius 1 is 0.917 bits per heavy atom. The maximum atomic E-state index is 13.1. The van der Waals surface area contributed by atoms with Crippen LogP contribution in [0.1, 0.15) is 43.2 Å². The smallest absolute Gasteiger partial charge is 0.230 e. The summed E-state index contributed by atoms with van der Waals surface area (Å²) in [6.45, 7) is 0.693. The van der Waals surface area contributed by atoms with E-state index in [-0.39, 0.29) is 17.1 Å². The normalized spacial score (nSPS) is 20.0. The van der Waals surface area contributed by atoms with Crippen LogP contribution in [0, 0.1) is 5.82 Å². The van der Waals surface area contributed by atoms with Crippen molar-refractivity contribution >= 4 is 5.91 Å². The highest BCUT2D eigenvalue weighted by atomic mass is 19.1. The molecule has 2 nitrogen and oxygen atoms in total.